The Morgan fingerprint density at radius 1 is 1.12 bits per heavy atom. The van der Waals surface area contributed by atoms with Crippen LogP contribution in [0.25, 0.3) is 0 Å². The Morgan fingerprint density at radius 2 is 1.83 bits per heavy atom. The molecule has 0 atom stereocenters. The molecule has 0 fully saturated rings. The molecule has 2 N–H and O–H groups in total. The molecule has 0 saturated heterocycles. The molecule has 0 radical (unpaired) electrons. The first kappa shape index (κ1) is 17.6. The molecule has 7 nitrogen and oxygen atoms in total. The summed E-state index contributed by atoms with van der Waals surface area (Å²) in [7, 11) is 0. The number of halogens is 1. The number of nitrogens with zero attached hydrogens (tertiary/aromatic N) is 1. The number of hydrogen-bond donors (Lipinski definition) is 2. The van der Waals surface area contributed by atoms with Gasteiger partial charge in [-0.1, -0.05) is 23.7 Å². The van der Waals surface area contributed by atoms with E-state index in [0.29, 0.717) is 11.6 Å². The molecule has 0 aliphatic carbocycles. The number of carbonyl (C=O) groups excluding carboxylic acids is 2. The number of aromatic nitrogens is 1. The number of carbonyl (C=O) groups is 2. The van der Waals surface area contributed by atoms with Crippen molar-refractivity contribution in [1.29, 1.82) is 0 Å². The highest BCUT2D eigenvalue weighted by Crippen LogP contribution is 2.10. The Bertz CT molecular complexity index is 787. The van der Waals surface area contributed by atoms with E-state index in [0.717, 1.165) is 5.56 Å². The first-order valence-corrected chi connectivity index (χ1v) is 7.55. The molecular formula is C16H16ClN3O4. The fraction of sp³-hybridized carbons (Fsp3) is 0.188. The van der Waals surface area contributed by atoms with Gasteiger partial charge >= 0.3 is 6.09 Å². The molecule has 0 saturated carbocycles. The molecule has 0 spiro atoms. The van der Waals surface area contributed by atoms with Gasteiger partial charge < -0.3 is 9.30 Å². The molecule has 8 heteroatoms. The predicted octanol–water partition coefficient (Wildman–Crippen LogP) is 1.94. The molecule has 2 amide bonds. The summed E-state index contributed by atoms with van der Waals surface area (Å²) in [6.45, 7) is 2.13. The summed E-state index contributed by atoms with van der Waals surface area (Å²) >= 11 is 5.83. The Kier molecular flexibility index (Phi) is 5.97. The zero-order valence-electron chi connectivity index (χ0n) is 12.9. The summed E-state index contributed by atoms with van der Waals surface area (Å²) in [6.07, 6.45) is 0.652. The lowest BCUT2D eigenvalue weighted by atomic mass is 10.2. The summed E-state index contributed by atoms with van der Waals surface area (Å²) in [5, 5.41) is 0.601. The van der Waals surface area contributed by atoms with Crippen LogP contribution in [0.4, 0.5) is 4.79 Å². The van der Waals surface area contributed by atoms with Crippen molar-refractivity contribution in [1.82, 2.24) is 15.4 Å². The van der Waals surface area contributed by atoms with Gasteiger partial charge in [0.1, 0.15) is 0 Å². The van der Waals surface area contributed by atoms with Crippen LogP contribution in [0, 0.1) is 0 Å². The molecule has 1 aromatic carbocycles. The standard InChI is InChI=1S/C16H16ClN3O4/c1-2-24-16(23)19-18-15(22)12-5-8-14(21)20(10-12)9-11-3-6-13(17)7-4-11/h3-8,10H,2,9H2,1H3,(H,18,22)(H,19,23). The van der Waals surface area contributed by atoms with Gasteiger partial charge in [0, 0.05) is 17.3 Å². The van der Waals surface area contributed by atoms with Crippen molar-refractivity contribution in [3.05, 3.63) is 69.1 Å². The minimum Gasteiger partial charge on any atom is -0.449 e. The van der Waals surface area contributed by atoms with Gasteiger partial charge in [0.2, 0.25) is 0 Å². The highest BCUT2D eigenvalue weighted by atomic mass is 35.5. The van der Waals surface area contributed by atoms with Gasteiger partial charge in [-0.25, -0.2) is 10.2 Å². The molecule has 2 aromatic rings. The zero-order chi connectivity index (χ0) is 17.5. The fourth-order valence-electron chi connectivity index (χ4n) is 1.92. The largest absolute Gasteiger partial charge is 0.449 e. The molecule has 24 heavy (non-hydrogen) atoms. The monoisotopic (exact) mass is 349 g/mol. The van der Waals surface area contributed by atoms with Crippen molar-refractivity contribution in [2.24, 2.45) is 0 Å². The van der Waals surface area contributed by atoms with Crippen LogP contribution in [0.1, 0.15) is 22.8 Å². The molecule has 0 aliphatic rings. The highest BCUT2D eigenvalue weighted by Gasteiger charge is 2.09. The van der Waals surface area contributed by atoms with E-state index in [4.69, 9.17) is 11.6 Å². The summed E-state index contributed by atoms with van der Waals surface area (Å²) in [4.78, 5) is 35.1. The lowest BCUT2D eigenvalue weighted by Gasteiger charge is -2.10. The summed E-state index contributed by atoms with van der Waals surface area (Å²) < 4.78 is 6.02. The van der Waals surface area contributed by atoms with Gasteiger partial charge in [0.25, 0.3) is 11.5 Å². The van der Waals surface area contributed by atoms with Gasteiger partial charge in [-0.3, -0.25) is 15.0 Å². The summed E-state index contributed by atoms with van der Waals surface area (Å²) in [5.41, 5.74) is 5.15. The van der Waals surface area contributed by atoms with Crippen molar-refractivity contribution < 1.29 is 14.3 Å². The van der Waals surface area contributed by atoms with Gasteiger partial charge in [-0.05, 0) is 30.7 Å². The number of hydrogen-bond acceptors (Lipinski definition) is 4. The first-order chi connectivity index (χ1) is 11.5. The van der Waals surface area contributed by atoms with Crippen LogP contribution in [0.3, 0.4) is 0 Å². The number of rotatable bonds is 4. The second kappa shape index (κ2) is 8.16. The summed E-state index contributed by atoms with van der Waals surface area (Å²) in [6, 6.07) is 9.70. The Hall–Kier alpha value is -2.80. The molecular weight excluding hydrogens is 334 g/mol. The average molecular weight is 350 g/mol. The van der Waals surface area contributed by atoms with Gasteiger partial charge in [0.15, 0.2) is 0 Å². The third kappa shape index (κ3) is 4.85. The van der Waals surface area contributed by atoms with E-state index in [2.05, 4.69) is 15.6 Å². The molecule has 0 aliphatic heterocycles. The van der Waals surface area contributed by atoms with E-state index in [1.54, 1.807) is 31.2 Å². The van der Waals surface area contributed by atoms with E-state index < -0.39 is 12.0 Å². The number of ether oxygens (including phenoxy) is 1. The van der Waals surface area contributed by atoms with E-state index >= 15 is 0 Å². The lowest BCUT2D eigenvalue weighted by molar-refractivity contribution is 0.0912. The van der Waals surface area contributed by atoms with Gasteiger partial charge in [0.05, 0.1) is 18.7 Å². The molecule has 126 valence electrons. The van der Waals surface area contributed by atoms with Crippen LogP contribution in [0.5, 0.6) is 0 Å². The van der Waals surface area contributed by atoms with Crippen LogP contribution in [-0.4, -0.2) is 23.2 Å². The number of pyridine rings is 1. The minimum absolute atomic E-state index is 0.188. The quantitative estimate of drug-likeness (QED) is 0.825. The molecule has 2 rings (SSSR count). The molecule has 0 unspecified atom stereocenters. The number of amides is 2. The average Bonchev–Trinajstić information content (AvgIpc) is 2.57. The van der Waals surface area contributed by atoms with Crippen LogP contribution < -0.4 is 16.4 Å². The van der Waals surface area contributed by atoms with Crippen LogP contribution in [-0.2, 0) is 11.3 Å². The van der Waals surface area contributed by atoms with E-state index in [1.165, 1.54) is 22.9 Å². The van der Waals surface area contributed by atoms with Gasteiger partial charge in [-0.2, -0.15) is 0 Å². The minimum atomic E-state index is -0.764. The van der Waals surface area contributed by atoms with Crippen molar-refractivity contribution >= 4 is 23.6 Å². The van der Waals surface area contributed by atoms with E-state index in [1.807, 2.05) is 0 Å². The van der Waals surface area contributed by atoms with Crippen molar-refractivity contribution in [3.8, 4) is 0 Å². The normalized spacial score (nSPS) is 10.1. The molecule has 1 aromatic heterocycles. The number of benzene rings is 1. The topological polar surface area (TPSA) is 89.4 Å². The maximum Gasteiger partial charge on any atom is 0.426 e. The summed E-state index contributed by atoms with van der Waals surface area (Å²) in [5.74, 6) is -0.562. The third-order valence-corrected chi connectivity index (χ3v) is 3.32. The molecule has 0 bridgehead atoms. The van der Waals surface area contributed by atoms with Crippen molar-refractivity contribution in [2.75, 3.05) is 6.61 Å². The first-order valence-electron chi connectivity index (χ1n) is 7.17. The fourth-order valence-corrected chi connectivity index (χ4v) is 2.05. The maximum atomic E-state index is 12.0. The zero-order valence-corrected chi connectivity index (χ0v) is 13.7. The Morgan fingerprint density at radius 3 is 2.50 bits per heavy atom. The van der Waals surface area contributed by atoms with Crippen molar-refractivity contribution in [2.45, 2.75) is 13.5 Å². The Balaban J connectivity index is 2.10. The second-order valence-electron chi connectivity index (χ2n) is 4.81. The lowest BCUT2D eigenvalue weighted by Crippen LogP contribution is -2.42. The van der Waals surface area contributed by atoms with E-state index in [-0.39, 0.29) is 17.7 Å². The maximum absolute atomic E-state index is 12.0. The van der Waals surface area contributed by atoms with Crippen molar-refractivity contribution in [3.63, 3.8) is 0 Å². The Labute approximate surface area is 143 Å². The number of hydrazine groups is 1. The van der Waals surface area contributed by atoms with Gasteiger partial charge in [-0.15, -0.1) is 0 Å². The highest BCUT2D eigenvalue weighted by molar-refractivity contribution is 6.30. The second-order valence-corrected chi connectivity index (χ2v) is 5.25. The number of nitrogens with one attached hydrogen (secondary N) is 2. The third-order valence-electron chi connectivity index (χ3n) is 3.07. The SMILES string of the molecule is CCOC(=O)NNC(=O)c1ccc(=O)n(Cc2ccc(Cl)cc2)c1. The molecule has 1 heterocycles. The van der Waals surface area contributed by atoms with Crippen LogP contribution in [0.2, 0.25) is 5.02 Å². The predicted molar refractivity (Wildman–Crippen MR) is 88.9 cm³/mol. The smallest absolute Gasteiger partial charge is 0.426 e. The van der Waals surface area contributed by atoms with E-state index in [9.17, 15) is 14.4 Å². The van der Waals surface area contributed by atoms with Crippen LogP contribution >= 0.6 is 11.6 Å². The van der Waals surface area contributed by atoms with Crippen LogP contribution in [0.15, 0.2) is 47.4 Å².